The molecule has 0 radical (unpaired) electrons. The van der Waals surface area contributed by atoms with E-state index in [-0.39, 0.29) is 5.54 Å². The molecule has 1 saturated heterocycles. The average Bonchev–Trinajstić information content (AvgIpc) is 2.93. The Balaban J connectivity index is 2.09. The predicted molar refractivity (Wildman–Crippen MR) is 60.8 cm³/mol. The van der Waals surface area contributed by atoms with Crippen molar-refractivity contribution in [2.75, 3.05) is 19.6 Å². The Morgan fingerprint density at radius 2 is 1.82 bits per heavy atom. The van der Waals surface area contributed by atoms with Gasteiger partial charge in [0.15, 0.2) is 0 Å². The standard InChI is InChI=1S/C12H21F3N2/c1-10(2)6-16-11(3,9-4-5-9)7-17(10)8-12(13,14)15/h9,16H,4-8H2,1-3H3. The molecule has 1 unspecified atom stereocenters. The van der Waals surface area contributed by atoms with Gasteiger partial charge in [-0.1, -0.05) is 0 Å². The number of nitrogens with one attached hydrogen (secondary N) is 1. The maximum Gasteiger partial charge on any atom is 0.401 e. The van der Waals surface area contributed by atoms with Crippen LogP contribution in [-0.2, 0) is 0 Å². The number of piperazine rings is 1. The SMILES string of the molecule is CC1(C2CC2)CN(CC(F)(F)F)C(C)(C)CN1. The molecule has 0 aromatic rings. The minimum Gasteiger partial charge on any atom is -0.308 e. The first-order valence-electron chi connectivity index (χ1n) is 6.19. The van der Waals surface area contributed by atoms with Gasteiger partial charge in [-0.25, -0.2) is 0 Å². The summed E-state index contributed by atoms with van der Waals surface area (Å²) in [5.41, 5.74) is -0.565. The van der Waals surface area contributed by atoms with Gasteiger partial charge in [-0.05, 0) is 39.5 Å². The quantitative estimate of drug-likeness (QED) is 0.809. The lowest BCUT2D eigenvalue weighted by Gasteiger charge is -2.51. The van der Waals surface area contributed by atoms with Crippen LogP contribution in [0.1, 0.15) is 33.6 Å². The van der Waals surface area contributed by atoms with E-state index in [1.807, 2.05) is 13.8 Å². The van der Waals surface area contributed by atoms with Gasteiger partial charge in [0.05, 0.1) is 6.54 Å². The van der Waals surface area contributed by atoms with Crippen molar-refractivity contribution in [2.24, 2.45) is 5.92 Å². The Kier molecular flexibility index (Phi) is 2.98. The zero-order chi connectivity index (χ0) is 12.9. The van der Waals surface area contributed by atoms with Gasteiger partial charge in [0.1, 0.15) is 0 Å². The number of hydrogen-bond donors (Lipinski definition) is 1. The van der Waals surface area contributed by atoms with Crippen LogP contribution in [0.3, 0.4) is 0 Å². The van der Waals surface area contributed by atoms with Crippen LogP contribution in [0.15, 0.2) is 0 Å². The molecule has 2 nitrogen and oxygen atoms in total. The van der Waals surface area contributed by atoms with Crippen LogP contribution >= 0.6 is 0 Å². The van der Waals surface area contributed by atoms with Crippen molar-refractivity contribution >= 4 is 0 Å². The highest BCUT2D eigenvalue weighted by molar-refractivity contribution is 5.06. The predicted octanol–water partition coefficient (Wildman–Crippen LogP) is 2.40. The van der Waals surface area contributed by atoms with Crippen LogP contribution in [0.4, 0.5) is 13.2 Å². The van der Waals surface area contributed by atoms with Crippen molar-refractivity contribution in [1.82, 2.24) is 10.2 Å². The molecule has 0 amide bonds. The van der Waals surface area contributed by atoms with Crippen molar-refractivity contribution in [3.05, 3.63) is 0 Å². The van der Waals surface area contributed by atoms with E-state index in [0.29, 0.717) is 19.0 Å². The molecule has 1 heterocycles. The zero-order valence-electron chi connectivity index (χ0n) is 10.7. The molecule has 100 valence electrons. The van der Waals surface area contributed by atoms with Gasteiger partial charge in [-0.2, -0.15) is 13.2 Å². The van der Waals surface area contributed by atoms with Gasteiger partial charge in [-0.15, -0.1) is 0 Å². The molecular weight excluding hydrogens is 229 g/mol. The largest absolute Gasteiger partial charge is 0.401 e. The second-order valence-corrected chi connectivity index (χ2v) is 6.33. The van der Waals surface area contributed by atoms with Crippen LogP contribution in [0, 0.1) is 5.92 Å². The van der Waals surface area contributed by atoms with E-state index in [4.69, 9.17) is 0 Å². The van der Waals surface area contributed by atoms with Crippen LogP contribution in [0.25, 0.3) is 0 Å². The Hall–Kier alpha value is -0.290. The summed E-state index contributed by atoms with van der Waals surface area (Å²) in [7, 11) is 0. The molecule has 2 fully saturated rings. The fraction of sp³-hybridized carbons (Fsp3) is 1.00. The summed E-state index contributed by atoms with van der Waals surface area (Å²) in [5, 5.41) is 3.45. The summed E-state index contributed by atoms with van der Waals surface area (Å²) < 4.78 is 37.8. The molecular formula is C12H21F3N2. The molecule has 0 aromatic carbocycles. The van der Waals surface area contributed by atoms with E-state index in [9.17, 15) is 13.2 Å². The smallest absolute Gasteiger partial charge is 0.308 e. The van der Waals surface area contributed by atoms with Crippen LogP contribution < -0.4 is 5.32 Å². The Bertz CT molecular complexity index is 297. The molecule has 2 aliphatic rings. The molecule has 1 N–H and O–H groups in total. The minimum absolute atomic E-state index is 0.138. The average molecular weight is 250 g/mol. The molecule has 17 heavy (non-hydrogen) atoms. The zero-order valence-corrected chi connectivity index (χ0v) is 10.7. The van der Waals surface area contributed by atoms with E-state index < -0.39 is 18.3 Å². The second kappa shape index (κ2) is 3.85. The number of alkyl halides is 3. The van der Waals surface area contributed by atoms with Gasteiger partial charge < -0.3 is 5.32 Å². The summed E-state index contributed by atoms with van der Waals surface area (Å²) in [6.07, 6.45) is -1.83. The van der Waals surface area contributed by atoms with Crippen molar-refractivity contribution in [2.45, 2.75) is 50.9 Å². The second-order valence-electron chi connectivity index (χ2n) is 6.33. The number of nitrogens with zero attached hydrogens (tertiary/aromatic N) is 1. The molecule has 2 rings (SSSR count). The highest BCUT2D eigenvalue weighted by Crippen LogP contribution is 2.42. The van der Waals surface area contributed by atoms with E-state index in [1.54, 1.807) is 4.90 Å². The first-order chi connectivity index (χ1) is 7.62. The first-order valence-corrected chi connectivity index (χ1v) is 6.19. The molecule has 5 heteroatoms. The summed E-state index contributed by atoms with van der Waals surface area (Å²) in [6, 6.07) is 0. The maximum absolute atomic E-state index is 12.6. The van der Waals surface area contributed by atoms with E-state index in [2.05, 4.69) is 12.2 Å². The maximum atomic E-state index is 12.6. The lowest BCUT2D eigenvalue weighted by atomic mass is 9.86. The van der Waals surface area contributed by atoms with Gasteiger partial charge in [-0.3, -0.25) is 4.90 Å². The van der Waals surface area contributed by atoms with E-state index in [0.717, 1.165) is 12.8 Å². The van der Waals surface area contributed by atoms with Crippen molar-refractivity contribution in [1.29, 1.82) is 0 Å². The van der Waals surface area contributed by atoms with E-state index in [1.165, 1.54) is 0 Å². The number of halogens is 3. The van der Waals surface area contributed by atoms with Gasteiger partial charge in [0, 0.05) is 24.2 Å². The summed E-state index contributed by atoms with van der Waals surface area (Å²) in [4.78, 5) is 1.59. The molecule has 0 aromatic heterocycles. The minimum atomic E-state index is -4.11. The van der Waals surface area contributed by atoms with Gasteiger partial charge in [0.25, 0.3) is 0 Å². The van der Waals surface area contributed by atoms with Crippen LogP contribution in [0.2, 0.25) is 0 Å². The Morgan fingerprint density at radius 1 is 1.24 bits per heavy atom. The molecule has 1 atom stereocenters. The van der Waals surface area contributed by atoms with Crippen LogP contribution in [0.5, 0.6) is 0 Å². The lowest BCUT2D eigenvalue weighted by molar-refractivity contribution is -0.165. The molecule has 1 saturated carbocycles. The highest BCUT2D eigenvalue weighted by Gasteiger charge is 2.50. The normalized spacial score (nSPS) is 34.9. The molecule has 1 aliphatic carbocycles. The van der Waals surface area contributed by atoms with Gasteiger partial charge in [0.2, 0.25) is 0 Å². The molecule has 0 spiro atoms. The third-order valence-electron chi connectivity index (χ3n) is 4.15. The first kappa shape index (κ1) is 13.1. The third kappa shape index (κ3) is 2.94. The Morgan fingerprint density at radius 3 is 2.29 bits per heavy atom. The molecule has 0 bridgehead atoms. The summed E-state index contributed by atoms with van der Waals surface area (Å²) in [6.45, 7) is 6.12. The van der Waals surface area contributed by atoms with Crippen molar-refractivity contribution in [3.8, 4) is 0 Å². The number of hydrogen-bond acceptors (Lipinski definition) is 2. The molecule has 1 aliphatic heterocycles. The fourth-order valence-electron chi connectivity index (χ4n) is 2.68. The Labute approximate surface area is 101 Å². The van der Waals surface area contributed by atoms with Crippen molar-refractivity contribution in [3.63, 3.8) is 0 Å². The fourth-order valence-corrected chi connectivity index (χ4v) is 2.68. The van der Waals surface area contributed by atoms with Crippen LogP contribution in [-0.4, -0.2) is 41.8 Å². The van der Waals surface area contributed by atoms with Crippen molar-refractivity contribution < 1.29 is 13.2 Å². The topological polar surface area (TPSA) is 15.3 Å². The third-order valence-corrected chi connectivity index (χ3v) is 4.15. The summed E-state index contributed by atoms with van der Waals surface area (Å²) >= 11 is 0. The highest BCUT2D eigenvalue weighted by atomic mass is 19.4. The van der Waals surface area contributed by atoms with Gasteiger partial charge >= 0.3 is 6.18 Å². The van der Waals surface area contributed by atoms with E-state index >= 15 is 0 Å². The lowest BCUT2D eigenvalue weighted by Crippen LogP contribution is -2.69. The monoisotopic (exact) mass is 250 g/mol. The summed E-state index contributed by atoms with van der Waals surface area (Å²) in [5.74, 6) is 0.550. The number of rotatable bonds is 2.